The van der Waals surface area contributed by atoms with Gasteiger partial charge in [0.25, 0.3) is 5.91 Å². The molecule has 1 aromatic rings. The van der Waals surface area contributed by atoms with Crippen LogP contribution in [0.3, 0.4) is 0 Å². The van der Waals surface area contributed by atoms with Crippen molar-refractivity contribution in [2.45, 2.75) is 39.3 Å². The standard InChI is InChI=1S/C14H23N3O3/c1-9(2)7-11(8-15)17-13(18)10(3)16-14(19)12-5-4-6-20-12/h4-6,9-11H,7-8,15H2,1-3H3,(H,16,19)(H,17,18). The van der Waals surface area contributed by atoms with Gasteiger partial charge < -0.3 is 20.8 Å². The smallest absolute Gasteiger partial charge is 0.287 e. The normalized spacial score (nSPS) is 13.8. The van der Waals surface area contributed by atoms with Crippen LogP contribution in [0.25, 0.3) is 0 Å². The fourth-order valence-electron chi connectivity index (χ4n) is 1.85. The van der Waals surface area contributed by atoms with Gasteiger partial charge in [-0.15, -0.1) is 0 Å². The van der Waals surface area contributed by atoms with Crippen LogP contribution < -0.4 is 16.4 Å². The van der Waals surface area contributed by atoms with Crippen molar-refractivity contribution in [1.29, 1.82) is 0 Å². The second-order valence-corrected chi connectivity index (χ2v) is 5.24. The second kappa shape index (κ2) is 7.69. The second-order valence-electron chi connectivity index (χ2n) is 5.24. The fraction of sp³-hybridized carbons (Fsp3) is 0.571. The lowest BCUT2D eigenvalue weighted by Gasteiger charge is -2.21. The summed E-state index contributed by atoms with van der Waals surface area (Å²) in [6.07, 6.45) is 2.22. The number of carbonyl (C=O) groups excluding carboxylic acids is 2. The van der Waals surface area contributed by atoms with Gasteiger partial charge in [-0.2, -0.15) is 0 Å². The summed E-state index contributed by atoms with van der Waals surface area (Å²) in [5.41, 5.74) is 5.63. The molecule has 6 heteroatoms. The molecule has 6 nitrogen and oxygen atoms in total. The number of hydrogen-bond acceptors (Lipinski definition) is 4. The van der Waals surface area contributed by atoms with Crippen molar-refractivity contribution in [3.8, 4) is 0 Å². The SMILES string of the molecule is CC(C)CC(CN)NC(=O)C(C)NC(=O)c1ccco1. The molecule has 2 atom stereocenters. The lowest BCUT2D eigenvalue weighted by molar-refractivity contribution is -0.123. The van der Waals surface area contributed by atoms with Gasteiger partial charge in [-0.25, -0.2) is 0 Å². The third-order valence-corrected chi connectivity index (χ3v) is 2.87. The van der Waals surface area contributed by atoms with Crippen LogP contribution in [-0.2, 0) is 4.79 Å². The van der Waals surface area contributed by atoms with E-state index in [2.05, 4.69) is 24.5 Å². The first-order valence-electron chi connectivity index (χ1n) is 6.78. The maximum absolute atomic E-state index is 12.0. The molecule has 0 spiro atoms. The largest absolute Gasteiger partial charge is 0.459 e. The van der Waals surface area contributed by atoms with Crippen LogP contribution in [0.4, 0.5) is 0 Å². The van der Waals surface area contributed by atoms with Crippen molar-refractivity contribution < 1.29 is 14.0 Å². The van der Waals surface area contributed by atoms with Crippen molar-refractivity contribution in [2.75, 3.05) is 6.54 Å². The lowest BCUT2D eigenvalue weighted by Crippen LogP contribution is -2.50. The van der Waals surface area contributed by atoms with Crippen LogP contribution in [0.15, 0.2) is 22.8 Å². The number of nitrogens with two attached hydrogens (primary N) is 1. The highest BCUT2D eigenvalue weighted by Crippen LogP contribution is 2.04. The molecule has 1 aromatic heterocycles. The first-order chi connectivity index (χ1) is 9.43. The number of furan rings is 1. The van der Waals surface area contributed by atoms with Crippen molar-refractivity contribution in [2.24, 2.45) is 11.7 Å². The van der Waals surface area contributed by atoms with E-state index in [0.29, 0.717) is 12.5 Å². The van der Waals surface area contributed by atoms with Gasteiger partial charge in [0.2, 0.25) is 5.91 Å². The zero-order chi connectivity index (χ0) is 15.1. The van der Waals surface area contributed by atoms with E-state index in [1.807, 2.05) is 0 Å². The summed E-state index contributed by atoms with van der Waals surface area (Å²) in [5.74, 6) is -0.0362. The third-order valence-electron chi connectivity index (χ3n) is 2.87. The third kappa shape index (κ3) is 5.05. The van der Waals surface area contributed by atoms with Crippen LogP contribution >= 0.6 is 0 Å². The van der Waals surface area contributed by atoms with E-state index >= 15 is 0 Å². The van der Waals surface area contributed by atoms with E-state index in [1.165, 1.54) is 6.26 Å². The van der Waals surface area contributed by atoms with E-state index in [0.717, 1.165) is 6.42 Å². The Labute approximate surface area is 119 Å². The Balaban J connectivity index is 2.48. The van der Waals surface area contributed by atoms with Gasteiger partial charge in [0, 0.05) is 12.6 Å². The Hall–Kier alpha value is -1.82. The Morgan fingerprint density at radius 3 is 2.50 bits per heavy atom. The molecule has 0 saturated carbocycles. The van der Waals surface area contributed by atoms with E-state index in [4.69, 9.17) is 10.2 Å². The molecule has 2 amide bonds. The molecule has 1 heterocycles. The van der Waals surface area contributed by atoms with E-state index in [1.54, 1.807) is 19.1 Å². The molecule has 20 heavy (non-hydrogen) atoms. The number of hydrogen-bond donors (Lipinski definition) is 3. The maximum Gasteiger partial charge on any atom is 0.287 e. The van der Waals surface area contributed by atoms with E-state index in [9.17, 15) is 9.59 Å². The summed E-state index contributed by atoms with van der Waals surface area (Å²) >= 11 is 0. The summed E-state index contributed by atoms with van der Waals surface area (Å²) in [7, 11) is 0. The van der Waals surface area contributed by atoms with Crippen LogP contribution in [0.2, 0.25) is 0 Å². The highest BCUT2D eigenvalue weighted by atomic mass is 16.3. The van der Waals surface area contributed by atoms with Crippen molar-refractivity contribution in [3.63, 3.8) is 0 Å². The molecule has 0 fully saturated rings. The predicted octanol–water partition coefficient (Wildman–Crippen LogP) is 0.888. The van der Waals surface area contributed by atoms with E-state index < -0.39 is 11.9 Å². The van der Waals surface area contributed by atoms with Gasteiger partial charge in [0.15, 0.2) is 5.76 Å². The first kappa shape index (κ1) is 16.2. The molecule has 0 saturated heterocycles. The molecule has 112 valence electrons. The van der Waals surface area contributed by atoms with Gasteiger partial charge in [0.1, 0.15) is 6.04 Å². The Morgan fingerprint density at radius 1 is 1.30 bits per heavy atom. The monoisotopic (exact) mass is 281 g/mol. The summed E-state index contributed by atoms with van der Waals surface area (Å²) in [4.78, 5) is 23.7. The van der Waals surface area contributed by atoms with Gasteiger partial charge in [0.05, 0.1) is 6.26 Å². The molecule has 1 rings (SSSR count). The molecular formula is C14H23N3O3. The number of nitrogens with one attached hydrogen (secondary N) is 2. The Kier molecular flexibility index (Phi) is 6.24. The number of amides is 2. The molecule has 0 radical (unpaired) electrons. The van der Waals surface area contributed by atoms with Crippen LogP contribution in [0, 0.1) is 5.92 Å². The fourth-order valence-corrected chi connectivity index (χ4v) is 1.85. The number of rotatable bonds is 7. The topological polar surface area (TPSA) is 97.4 Å². The zero-order valence-electron chi connectivity index (χ0n) is 12.2. The molecule has 0 bridgehead atoms. The summed E-state index contributed by atoms with van der Waals surface area (Å²) in [6.45, 7) is 6.13. The average Bonchev–Trinajstić information content (AvgIpc) is 2.90. The maximum atomic E-state index is 12.0. The van der Waals surface area contributed by atoms with Crippen molar-refractivity contribution >= 4 is 11.8 Å². The van der Waals surface area contributed by atoms with Crippen LogP contribution in [0.5, 0.6) is 0 Å². The van der Waals surface area contributed by atoms with Crippen LogP contribution in [0.1, 0.15) is 37.7 Å². The highest BCUT2D eigenvalue weighted by molar-refractivity contribution is 5.95. The Morgan fingerprint density at radius 2 is 2.00 bits per heavy atom. The Bertz CT molecular complexity index is 429. The summed E-state index contributed by atoms with van der Waals surface area (Å²) in [6, 6.07) is 2.44. The number of carbonyl (C=O) groups is 2. The first-order valence-corrected chi connectivity index (χ1v) is 6.78. The minimum Gasteiger partial charge on any atom is -0.459 e. The quantitative estimate of drug-likeness (QED) is 0.691. The predicted molar refractivity (Wildman–Crippen MR) is 76.1 cm³/mol. The van der Waals surface area contributed by atoms with Gasteiger partial charge in [-0.1, -0.05) is 13.8 Å². The van der Waals surface area contributed by atoms with E-state index in [-0.39, 0.29) is 17.7 Å². The van der Waals surface area contributed by atoms with Crippen LogP contribution in [-0.4, -0.2) is 30.4 Å². The van der Waals surface area contributed by atoms with Crippen molar-refractivity contribution in [1.82, 2.24) is 10.6 Å². The molecular weight excluding hydrogens is 258 g/mol. The minimum absolute atomic E-state index is 0.0783. The minimum atomic E-state index is -0.645. The average molecular weight is 281 g/mol. The molecule has 0 aromatic carbocycles. The van der Waals surface area contributed by atoms with Gasteiger partial charge >= 0.3 is 0 Å². The highest BCUT2D eigenvalue weighted by Gasteiger charge is 2.20. The summed E-state index contributed by atoms with van der Waals surface area (Å²) < 4.78 is 4.97. The lowest BCUT2D eigenvalue weighted by atomic mass is 10.0. The van der Waals surface area contributed by atoms with Gasteiger partial charge in [-0.05, 0) is 31.4 Å². The molecule has 4 N–H and O–H groups in total. The van der Waals surface area contributed by atoms with Gasteiger partial charge in [-0.3, -0.25) is 9.59 Å². The molecule has 2 unspecified atom stereocenters. The molecule has 0 aliphatic carbocycles. The van der Waals surface area contributed by atoms with Crippen molar-refractivity contribution in [3.05, 3.63) is 24.2 Å². The zero-order valence-corrected chi connectivity index (χ0v) is 12.2. The molecule has 0 aliphatic rings. The molecule has 0 aliphatic heterocycles. The summed E-state index contributed by atoms with van der Waals surface area (Å²) in [5, 5.41) is 5.42.